The molecular weight excluding hydrogens is 436 g/mol. The van der Waals surface area contributed by atoms with Crippen LogP contribution < -0.4 is 20.8 Å². The van der Waals surface area contributed by atoms with Gasteiger partial charge in [0, 0.05) is 45.8 Å². The molecule has 0 saturated carbocycles. The van der Waals surface area contributed by atoms with Crippen LogP contribution in [0.4, 0.5) is 0 Å². The van der Waals surface area contributed by atoms with Crippen molar-refractivity contribution in [2.45, 2.75) is 13.0 Å². The number of rotatable bonds is 4. The standard InChI is InChI=1S/C21H17BrN4O3/c22-12-2-3-17-13(8-12)14(11-26(17)5-1-4-23)20-21(27)25-16-10-19-18(9-15(16)24-20)28-6-7-29-19/h2-3,6-11H,1,4-5,23H2,(H,25,27). The molecule has 0 amide bonds. The lowest BCUT2D eigenvalue weighted by molar-refractivity contribution is 0.362. The van der Waals surface area contributed by atoms with Crippen molar-refractivity contribution < 1.29 is 9.47 Å². The predicted octanol–water partition coefficient (Wildman–Crippen LogP) is 3.90. The molecule has 146 valence electrons. The molecule has 4 aromatic rings. The van der Waals surface area contributed by atoms with Crippen LogP contribution in [0.2, 0.25) is 0 Å². The van der Waals surface area contributed by atoms with Gasteiger partial charge in [0.05, 0.1) is 11.0 Å². The van der Waals surface area contributed by atoms with E-state index < -0.39 is 0 Å². The number of hydrogen-bond acceptors (Lipinski definition) is 5. The summed E-state index contributed by atoms with van der Waals surface area (Å²) in [6, 6.07) is 9.50. The van der Waals surface area contributed by atoms with Crippen molar-refractivity contribution in [2.24, 2.45) is 5.73 Å². The van der Waals surface area contributed by atoms with E-state index in [2.05, 4.69) is 30.5 Å². The molecule has 0 aliphatic carbocycles. The molecule has 1 aliphatic heterocycles. The summed E-state index contributed by atoms with van der Waals surface area (Å²) in [4.78, 5) is 20.5. The number of aromatic nitrogens is 3. The maximum atomic E-state index is 12.9. The Labute approximate surface area is 173 Å². The largest absolute Gasteiger partial charge is 0.458 e. The number of nitrogens with two attached hydrogens (primary N) is 1. The maximum Gasteiger partial charge on any atom is 0.275 e. The molecule has 0 spiro atoms. The monoisotopic (exact) mass is 452 g/mol. The Kier molecular flexibility index (Phi) is 4.37. The Bertz CT molecular complexity index is 1340. The summed E-state index contributed by atoms with van der Waals surface area (Å²) in [6.45, 7) is 1.37. The number of aromatic amines is 1. The Balaban J connectivity index is 1.72. The lowest BCUT2D eigenvalue weighted by Crippen LogP contribution is -2.12. The molecule has 1 aliphatic rings. The van der Waals surface area contributed by atoms with E-state index in [1.54, 1.807) is 12.1 Å². The zero-order valence-corrected chi connectivity index (χ0v) is 16.9. The molecule has 2 aromatic carbocycles. The topological polar surface area (TPSA) is 95.2 Å². The van der Waals surface area contributed by atoms with Crippen LogP contribution in [0.5, 0.6) is 11.5 Å². The van der Waals surface area contributed by atoms with Crippen LogP contribution in [0.15, 0.2) is 58.3 Å². The van der Waals surface area contributed by atoms with E-state index in [9.17, 15) is 4.79 Å². The lowest BCUT2D eigenvalue weighted by atomic mass is 10.1. The average Bonchev–Trinajstić information content (AvgIpc) is 3.07. The van der Waals surface area contributed by atoms with Gasteiger partial charge in [-0.05, 0) is 31.2 Å². The molecule has 0 unspecified atom stereocenters. The van der Waals surface area contributed by atoms with Crippen molar-refractivity contribution in [1.29, 1.82) is 0 Å². The summed E-state index contributed by atoms with van der Waals surface area (Å²) in [5.41, 5.74) is 8.80. The molecular formula is C21H17BrN4O3. The number of ether oxygens (including phenoxy) is 2. The molecule has 0 radical (unpaired) electrons. The number of nitrogens with zero attached hydrogens (tertiary/aromatic N) is 2. The number of H-pyrrole nitrogens is 1. The number of benzene rings is 2. The fourth-order valence-corrected chi connectivity index (χ4v) is 3.93. The molecule has 2 aromatic heterocycles. The average molecular weight is 453 g/mol. The minimum Gasteiger partial charge on any atom is -0.458 e. The van der Waals surface area contributed by atoms with Crippen molar-refractivity contribution in [2.75, 3.05) is 6.54 Å². The molecule has 29 heavy (non-hydrogen) atoms. The van der Waals surface area contributed by atoms with Crippen LogP contribution >= 0.6 is 15.9 Å². The minimum absolute atomic E-state index is 0.262. The van der Waals surface area contributed by atoms with Gasteiger partial charge in [0.25, 0.3) is 5.56 Å². The normalized spacial score (nSPS) is 12.8. The van der Waals surface area contributed by atoms with Crippen LogP contribution in [0.25, 0.3) is 33.2 Å². The molecule has 5 rings (SSSR count). The van der Waals surface area contributed by atoms with Gasteiger partial charge in [-0.1, -0.05) is 15.9 Å². The van der Waals surface area contributed by atoms with Crippen molar-refractivity contribution >= 4 is 37.9 Å². The summed E-state index contributed by atoms with van der Waals surface area (Å²) < 4.78 is 14.0. The first-order valence-corrected chi connectivity index (χ1v) is 9.98. The first-order valence-electron chi connectivity index (χ1n) is 9.19. The highest BCUT2D eigenvalue weighted by Gasteiger charge is 2.18. The van der Waals surface area contributed by atoms with Crippen molar-refractivity contribution in [3.05, 3.63) is 63.9 Å². The Morgan fingerprint density at radius 1 is 1.14 bits per heavy atom. The van der Waals surface area contributed by atoms with Crippen LogP contribution in [0.1, 0.15) is 6.42 Å². The van der Waals surface area contributed by atoms with Crippen molar-refractivity contribution in [3.63, 3.8) is 0 Å². The maximum absolute atomic E-state index is 12.9. The third-order valence-corrected chi connectivity index (χ3v) is 5.40. The Morgan fingerprint density at radius 3 is 2.72 bits per heavy atom. The van der Waals surface area contributed by atoms with Gasteiger partial charge in [0.2, 0.25) is 0 Å². The van der Waals surface area contributed by atoms with Gasteiger partial charge in [-0.25, -0.2) is 4.98 Å². The molecule has 0 bridgehead atoms. The van der Waals surface area contributed by atoms with Crippen LogP contribution in [-0.2, 0) is 6.54 Å². The number of hydrogen-bond donors (Lipinski definition) is 2. The molecule has 0 fully saturated rings. The second kappa shape index (κ2) is 7.06. The Hall–Kier alpha value is -3.10. The van der Waals surface area contributed by atoms with Gasteiger partial charge in [-0.2, -0.15) is 0 Å². The quantitative estimate of drug-likeness (QED) is 0.489. The van der Waals surface area contributed by atoms with E-state index in [0.29, 0.717) is 34.8 Å². The van der Waals surface area contributed by atoms with Gasteiger partial charge in [-0.3, -0.25) is 4.79 Å². The second-order valence-electron chi connectivity index (χ2n) is 6.78. The Morgan fingerprint density at radius 2 is 1.93 bits per heavy atom. The van der Waals surface area contributed by atoms with E-state index in [-0.39, 0.29) is 5.56 Å². The SMILES string of the molecule is NCCCn1cc(-c2nc3cc4c(cc3[nH]c2=O)OC=CO4)c2cc(Br)ccc21. The van der Waals surface area contributed by atoms with Crippen LogP contribution in [-0.4, -0.2) is 21.1 Å². The lowest BCUT2D eigenvalue weighted by Gasteiger charge is -2.13. The highest BCUT2D eigenvalue weighted by atomic mass is 79.9. The summed E-state index contributed by atoms with van der Waals surface area (Å²) in [6.07, 6.45) is 5.72. The first-order chi connectivity index (χ1) is 14.1. The number of nitrogens with one attached hydrogen (secondary N) is 1. The highest BCUT2D eigenvalue weighted by Crippen LogP contribution is 2.35. The molecule has 3 heterocycles. The van der Waals surface area contributed by atoms with E-state index in [1.165, 1.54) is 12.5 Å². The predicted molar refractivity (Wildman–Crippen MR) is 115 cm³/mol. The molecule has 3 N–H and O–H groups in total. The zero-order chi connectivity index (χ0) is 20.0. The third-order valence-electron chi connectivity index (χ3n) is 4.90. The zero-order valence-electron chi connectivity index (χ0n) is 15.3. The van der Waals surface area contributed by atoms with Crippen LogP contribution in [0.3, 0.4) is 0 Å². The highest BCUT2D eigenvalue weighted by molar-refractivity contribution is 9.10. The number of fused-ring (bicyclic) bond motifs is 3. The van der Waals surface area contributed by atoms with Crippen molar-refractivity contribution in [3.8, 4) is 22.8 Å². The molecule has 0 saturated heterocycles. The smallest absolute Gasteiger partial charge is 0.275 e. The number of halogens is 1. The van der Waals surface area contributed by atoms with Gasteiger partial charge in [-0.15, -0.1) is 0 Å². The number of aryl methyl sites for hydroxylation is 1. The van der Waals surface area contributed by atoms with E-state index >= 15 is 0 Å². The molecule has 8 heteroatoms. The second-order valence-corrected chi connectivity index (χ2v) is 7.69. The summed E-state index contributed by atoms with van der Waals surface area (Å²) in [7, 11) is 0. The van der Waals surface area contributed by atoms with Crippen LogP contribution in [0, 0.1) is 0 Å². The van der Waals surface area contributed by atoms with E-state index in [1.807, 2.05) is 24.4 Å². The summed E-state index contributed by atoms with van der Waals surface area (Å²) >= 11 is 3.53. The van der Waals surface area contributed by atoms with Gasteiger partial charge < -0.3 is 24.8 Å². The minimum atomic E-state index is -0.262. The van der Waals surface area contributed by atoms with E-state index in [0.717, 1.165) is 33.9 Å². The molecule has 7 nitrogen and oxygen atoms in total. The summed E-state index contributed by atoms with van der Waals surface area (Å²) in [5, 5.41) is 0.953. The van der Waals surface area contributed by atoms with Gasteiger partial charge in [0.1, 0.15) is 18.2 Å². The van der Waals surface area contributed by atoms with Gasteiger partial charge in [0.15, 0.2) is 11.5 Å². The fraction of sp³-hybridized carbons (Fsp3) is 0.143. The molecule has 0 atom stereocenters. The van der Waals surface area contributed by atoms with Gasteiger partial charge >= 0.3 is 0 Å². The van der Waals surface area contributed by atoms with Crippen molar-refractivity contribution in [1.82, 2.24) is 14.5 Å². The first kappa shape index (κ1) is 18.0. The third kappa shape index (κ3) is 3.10. The fourth-order valence-electron chi connectivity index (χ4n) is 3.57. The van der Waals surface area contributed by atoms with E-state index in [4.69, 9.17) is 15.2 Å². The summed E-state index contributed by atoms with van der Waals surface area (Å²) in [5.74, 6) is 1.09.